The first-order valence-electron chi connectivity index (χ1n) is 7.10. The second kappa shape index (κ2) is 8.63. The Bertz CT molecular complexity index is 834. The van der Waals surface area contributed by atoms with E-state index in [1.54, 1.807) is 18.3 Å². The minimum atomic E-state index is -0.474. The number of primary amides is 1. The highest BCUT2D eigenvalue weighted by atomic mass is 35.5. The van der Waals surface area contributed by atoms with Gasteiger partial charge in [0, 0.05) is 29.9 Å². The lowest BCUT2D eigenvalue weighted by Gasteiger charge is -2.05. The first-order chi connectivity index (χ1) is 10.7. The molecule has 24 heavy (non-hydrogen) atoms. The van der Waals surface area contributed by atoms with Crippen molar-refractivity contribution in [1.29, 1.82) is 0 Å². The zero-order valence-corrected chi connectivity index (χ0v) is 14.5. The molecule has 0 saturated carbocycles. The summed E-state index contributed by atoms with van der Waals surface area (Å²) >= 11 is 0. The molecule has 0 unspecified atom stereocenters. The number of hydrogen-bond donors (Lipinski definition) is 2. The highest BCUT2D eigenvalue weighted by Gasteiger charge is 2.08. The summed E-state index contributed by atoms with van der Waals surface area (Å²) in [5.74, 6) is -0.474. The Morgan fingerprint density at radius 3 is 2.58 bits per heavy atom. The van der Waals surface area contributed by atoms with Crippen LogP contribution in [-0.2, 0) is 6.54 Å². The molecular weight excluding hydrogens is 349 g/mol. The van der Waals surface area contributed by atoms with E-state index in [9.17, 15) is 4.79 Å². The van der Waals surface area contributed by atoms with E-state index >= 15 is 0 Å². The molecule has 8 heteroatoms. The third kappa shape index (κ3) is 4.03. The van der Waals surface area contributed by atoms with Crippen LogP contribution in [0.5, 0.6) is 0 Å². The van der Waals surface area contributed by atoms with E-state index in [0.29, 0.717) is 23.5 Å². The first kappa shape index (κ1) is 19.9. The number of aryl methyl sites for hydroxylation is 1. The second-order valence-corrected chi connectivity index (χ2v) is 5.07. The van der Waals surface area contributed by atoms with Crippen molar-refractivity contribution in [3.05, 3.63) is 48.4 Å². The van der Waals surface area contributed by atoms with Gasteiger partial charge < -0.3 is 16.0 Å². The predicted octanol–water partition coefficient (Wildman–Crippen LogP) is 2.39. The van der Waals surface area contributed by atoms with Gasteiger partial charge in [-0.3, -0.25) is 14.8 Å². The smallest absolute Gasteiger partial charge is 0.248 e. The highest BCUT2D eigenvalue weighted by Crippen LogP contribution is 2.22. The zero-order chi connectivity index (χ0) is 15.5. The molecule has 0 aromatic carbocycles. The van der Waals surface area contributed by atoms with Crippen LogP contribution in [0.15, 0.2) is 42.9 Å². The normalized spacial score (nSPS) is 10.0. The molecule has 6 nitrogen and oxygen atoms in total. The molecule has 0 aliphatic rings. The molecule has 3 heterocycles. The largest absolute Gasteiger partial charge is 0.366 e. The van der Waals surface area contributed by atoms with Gasteiger partial charge in [0.15, 0.2) is 0 Å². The molecule has 0 fully saturated rings. The summed E-state index contributed by atoms with van der Waals surface area (Å²) in [6.07, 6.45) is 6.33. The number of halogens is 2. The van der Waals surface area contributed by atoms with E-state index in [-0.39, 0.29) is 24.8 Å². The maximum atomic E-state index is 11.3. The van der Waals surface area contributed by atoms with Crippen LogP contribution in [0.25, 0.3) is 22.3 Å². The number of nitrogens with zero attached hydrogens (tertiary/aromatic N) is 3. The van der Waals surface area contributed by atoms with Crippen LogP contribution in [0.2, 0.25) is 0 Å². The monoisotopic (exact) mass is 367 g/mol. The van der Waals surface area contributed by atoms with E-state index in [2.05, 4.69) is 14.5 Å². The highest BCUT2D eigenvalue weighted by molar-refractivity contribution is 5.93. The lowest BCUT2D eigenvalue weighted by molar-refractivity contribution is 0.1000. The molecule has 0 aliphatic heterocycles. The maximum absolute atomic E-state index is 11.3. The number of carbonyl (C=O) groups is 1. The number of hydrogen-bond acceptors (Lipinski definition) is 4. The first-order valence-corrected chi connectivity index (χ1v) is 7.10. The van der Waals surface area contributed by atoms with Crippen LogP contribution in [0.1, 0.15) is 16.8 Å². The van der Waals surface area contributed by atoms with Crippen molar-refractivity contribution in [3.8, 4) is 11.4 Å². The van der Waals surface area contributed by atoms with Crippen molar-refractivity contribution >= 4 is 41.6 Å². The van der Waals surface area contributed by atoms with E-state index < -0.39 is 5.91 Å². The van der Waals surface area contributed by atoms with Gasteiger partial charge in [0.25, 0.3) is 0 Å². The fourth-order valence-corrected chi connectivity index (χ4v) is 2.41. The van der Waals surface area contributed by atoms with E-state index in [4.69, 9.17) is 11.5 Å². The van der Waals surface area contributed by atoms with Gasteiger partial charge in [-0.2, -0.15) is 0 Å². The molecule has 0 bridgehead atoms. The number of pyridine rings is 2. The van der Waals surface area contributed by atoms with Gasteiger partial charge >= 0.3 is 0 Å². The number of nitrogens with two attached hydrogens (primary N) is 2. The molecule has 3 aromatic rings. The summed E-state index contributed by atoms with van der Waals surface area (Å²) in [5, 5.41) is 1.08. The van der Waals surface area contributed by atoms with Crippen LogP contribution >= 0.6 is 24.8 Å². The van der Waals surface area contributed by atoms with Crippen LogP contribution in [-0.4, -0.2) is 27.0 Å². The van der Waals surface area contributed by atoms with Gasteiger partial charge in [0.2, 0.25) is 5.91 Å². The van der Waals surface area contributed by atoms with Crippen LogP contribution in [0.4, 0.5) is 0 Å². The number of aromatic nitrogens is 3. The van der Waals surface area contributed by atoms with E-state index in [1.807, 2.05) is 24.5 Å². The summed E-state index contributed by atoms with van der Waals surface area (Å²) in [5.41, 5.74) is 13.7. The van der Waals surface area contributed by atoms with Gasteiger partial charge in [0.1, 0.15) is 0 Å². The van der Waals surface area contributed by atoms with Crippen molar-refractivity contribution < 1.29 is 4.79 Å². The van der Waals surface area contributed by atoms with Crippen molar-refractivity contribution in [2.45, 2.75) is 13.0 Å². The van der Waals surface area contributed by atoms with Crippen molar-refractivity contribution in [2.24, 2.45) is 11.5 Å². The third-order valence-electron chi connectivity index (χ3n) is 3.57. The molecule has 0 saturated heterocycles. The van der Waals surface area contributed by atoms with E-state index in [0.717, 1.165) is 23.9 Å². The molecule has 3 aromatic heterocycles. The quantitative estimate of drug-likeness (QED) is 0.722. The molecular formula is C16H19Cl2N5O. The average Bonchev–Trinajstić information content (AvgIpc) is 2.95. The average molecular weight is 368 g/mol. The molecule has 4 N–H and O–H groups in total. The zero-order valence-electron chi connectivity index (χ0n) is 12.9. The summed E-state index contributed by atoms with van der Waals surface area (Å²) in [4.78, 5) is 20.0. The van der Waals surface area contributed by atoms with Crippen LogP contribution < -0.4 is 11.5 Å². The molecule has 0 spiro atoms. The van der Waals surface area contributed by atoms with Gasteiger partial charge in [-0.1, -0.05) is 0 Å². The molecule has 0 radical (unpaired) electrons. The second-order valence-electron chi connectivity index (χ2n) is 5.07. The van der Waals surface area contributed by atoms with Crippen LogP contribution in [0, 0.1) is 0 Å². The minimum absolute atomic E-state index is 0. The Morgan fingerprint density at radius 2 is 1.88 bits per heavy atom. The molecule has 0 aliphatic carbocycles. The number of carbonyl (C=O) groups excluding carboxylic acids is 1. The molecule has 3 rings (SSSR count). The topological polar surface area (TPSA) is 99.8 Å². The number of rotatable bonds is 5. The van der Waals surface area contributed by atoms with Gasteiger partial charge in [0.05, 0.1) is 23.1 Å². The number of amides is 1. The minimum Gasteiger partial charge on any atom is -0.366 e. The van der Waals surface area contributed by atoms with Crippen LogP contribution in [0.3, 0.4) is 0 Å². The van der Waals surface area contributed by atoms with Crippen molar-refractivity contribution in [1.82, 2.24) is 14.5 Å². The van der Waals surface area contributed by atoms with Gasteiger partial charge in [-0.15, -0.1) is 24.8 Å². The summed E-state index contributed by atoms with van der Waals surface area (Å²) in [6.45, 7) is 1.53. The van der Waals surface area contributed by atoms with Gasteiger partial charge in [-0.05, 0) is 37.2 Å². The standard InChI is InChI=1S/C16H17N5O.2ClH/c17-4-1-6-21-7-3-11-8-14(20-10-15(11)21)13-9-12(16(18)22)2-5-19-13;;/h2-3,5,7-10H,1,4,6,17H2,(H2,18,22);2*1H. The molecule has 1 amide bonds. The Morgan fingerprint density at radius 1 is 1.12 bits per heavy atom. The maximum Gasteiger partial charge on any atom is 0.248 e. The lowest BCUT2D eigenvalue weighted by atomic mass is 10.1. The lowest BCUT2D eigenvalue weighted by Crippen LogP contribution is -2.11. The van der Waals surface area contributed by atoms with Crippen molar-refractivity contribution in [3.63, 3.8) is 0 Å². The Hall–Kier alpha value is -2.15. The summed E-state index contributed by atoms with van der Waals surface area (Å²) < 4.78 is 2.13. The SMILES string of the molecule is Cl.Cl.NCCCn1ccc2cc(-c3cc(C(N)=O)ccn3)ncc21. The Kier molecular flexibility index (Phi) is 7.16. The summed E-state index contributed by atoms with van der Waals surface area (Å²) in [7, 11) is 0. The fourth-order valence-electron chi connectivity index (χ4n) is 2.41. The third-order valence-corrected chi connectivity index (χ3v) is 3.57. The predicted molar refractivity (Wildman–Crippen MR) is 99.6 cm³/mol. The Balaban J connectivity index is 0.00000144. The Labute approximate surface area is 152 Å². The molecule has 0 atom stereocenters. The number of fused-ring (bicyclic) bond motifs is 1. The van der Waals surface area contributed by atoms with Gasteiger partial charge in [-0.25, -0.2) is 0 Å². The fraction of sp³-hybridized carbons (Fsp3) is 0.188. The molecule has 128 valence electrons. The van der Waals surface area contributed by atoms with Crippen molar-refractivity contribution in [2.75, 3.05) is 6.54 Å². The summed E-state index contributed by atoms with van der Waals surface area (Å²) in [6, 6.07) is 7.24. The van der Waals surface area contributed by atoms with E-state index in [1.165, 1.54) is 0 Å².